The maximum Gasteiger partial charge on any atom is 0.127 e. The smallest absolute Gasteiger partial charge is 0.127 e. The number of aliphatic hydroxyl groups is 1. The quantitative estimate of drug-likeness (QED) is 0.807. The summed E-state index contributed by atoms with van der Waals surface area (Å²) in [7, 11) is 0. The topological polar surface area (TPSA) is 35.5 Å². The van der Waals surface area contributed by atoms with E-state index in [1.54, 1.807) is 17.4 Å². The van der Waals surface area contributed by atoms with Crippen molar-refractivity contribution in [1.29, 1.82) is 0 Å². The van der Waals surface area contributed by atoms with Crippen LogP contribution in [0.5, 0.6) is 0 Å². The van der Waals surface area contributed by atoms with Gasteiger partial charge in [-0.05, 0) is 31.5 Å². The third kappa shape index (κ3) is 5.38. The second-order valence-electron chi connectivity index (χ2n) is 6.31. The molecule has 1 aromatic carbocycles. The van der Waals surface area contributed by atoms with E-state index in [0.29, 0.717) is 12.6 Å². The Balaban J connectivity index is 1.50. The summed E-state index contributed by atoms with van der Waals surface area (Å²) in [6, 6.07) is 9.52. The molecule has 132 valence electrons. The molecule has 3 rings (SSSR count). The molecule has 1 aromatic heterocycles. The minimum atomic E-state index is -0.118. The molecule has 25 heavy (non-hydrogen) atoms. The number of halogens is 1. The van der Waals surface area contributed by atoms with Crippen molar-refractivity contribution >= 4 is 11.3 Å². The summed E-state index contributed by atoms with van der Waals surface area (Å²) < 4.78 is 13.8. The number of nitrogens with zero attached hydrogens (tertiary/aromatic N) is 1. The molecule has 2 aromatic rings. The molecule has 0 aliphatic carbocycles. The van der Waals surface area contributed by atoms with Gasteiger partial charge in [0.1, 0.15) is 12.4 Å². The highest BCUT2D eigenvalue weighted by Crippen LogP contribution is 2.18. The molecule has 1 atom stereocenters. The molecule has 0 amide bonds. The van der Waals surface area contributed by atoms with Gasteiger partial charge in [-0.3, -0.25) is 4.90 Å². The summed E-state index contributed by atoms with van der Waals surface area (Å²) >= 11 is 1.68. The van der Waals surface area contributed by atoms with Crippen LogP contribution in [0.2, 0.25) is 0 Å². The number of nitrogens with one attached hydrogen (secondary N) is 1. The summed E-state index contributed by atoms with van der Waals surface area (Å²) in [5.41, 5.74) is 1.73. The van der Waals surface area contributed by atoms with Gasteiger partial charge >= 0.3 is 0 Å². The van der Waals surface area contributed by atoms with Crippen LogP contribution >= 0.6 is 11.3 Å². The largest absolute Gasteiger partial charge is 0.384 e. The Morgan fingerprint density at radius 3 is 3.08 bits per heavy atom. The molecule has 3 nitrogen and oxygen atoms in total. The molecule has 2 heterocycles. The maximum atomic E-state index is 13.8. The lowest BCUT2D eigenvalue weighted by Crippen LogP contribution is -2.45. The average Bonchev–Trinajstić information content (AvgIpc) is 3.08. The van der Waals surface area contributed by atoms with E-state index in [0.717, 1.165) is 43.6 Å². The number of rotatable bonds is 5. The third-order valence-electron chi connectivity index (χ3n) is 4.39. The second-order valence-corrected chi connectivity index (χ2v) is 7.30. The Morgan fingerprint density at radius 2 is 2.24 bits per heavy atom. The van der Waals surface area contributed by atoms with Gasteiger partial charge in [0.25, 0.3) is 0 Å². The van der Waals surface area contributed by atoms with Crippen molar-refractivity contribution in [2.45, 2.75) is 32.0 Å². The molecule has 1 aliphatic rings. The van der Waals surface area contributed by atoms with E-state index in [9.17, 15) is 4.39 Å². The van der Waals surface area contributed by atoms with Gasteiger partial charge in [-0.15, -0.1) is 11.3 Å². The van der Waals surface area contributed by atoms with Crippen LogP contribution in [0.15, 0.2) is 35.7 Å². The number of hydrogen-bond acceptors (Lipinski definition) is 4. The first-order valence-electron chi connectivity index (χ1n) is 8.61. The van der Waals surface area contributed by atoms with Crippen molar-refractivity contribution in [2.24, 2.45) is 0 Å². The zero-order valence-electron chi connectivity index (χ0n) is 14.2. The van der Waals surface area contributed by atoms with E-state index in [1.165, 1.54) is 10.9 Å². The highest BCUT2D eigenvalue weighted by Gasteiger charge is 2.20. The van der Waals surface area contributed by atoms with Gasteiger partial charge in [0.2, 0.25) is 0 Å². The lowest BCUT2D eigenvalue weighted by atomic mass is 10.0. The lowest BCUT2D eigenvalue weighted by Gasteiger charge is -2.33. The Kier molecular flexibility index (Phi) is 6.60. The van der Waals surface area contributed by atoms with Crippen LogP contribution < -0.4 is 5.32 Å². The van der Waals surface area contributed by atoms with Crippen LogP contribution in [0.25, 0.3) is 0 Å². The van der Waals surface area contributed by atoms with Crippen LogP contribution in [0, 0.1) is 17.7 Å². The number of likely N-dealkylation sites (tertiary alicyclic amines) is 1. The number of benzene rings is 1. The fourth-order valence-corrected chi connectivity index (χ4v) is 3.93. The standard InChI is InChI=1S/C20H23FN2OS/c21-20-8-2-1-6-17(20)13-23-9-3-7-18(14-23)22-12-19-11-16(15-25-19)5-4-10-24/h1-2,6,8,11,15,18,22,24H,3,7,9-10,12-14H2/t18-/m1/s1. The van der Waals surface area contributed by atoms with Crippen LogP contribution in [0.3, 0.4) is 0 Å². The second kappa shape index (κ2) is 9.12. The van der Waals surface area contributed by atoms with Gasteiger partial charge in [0.05, 0.1) is 0 Å². The van der Waals surface area contributed by atoms with Crippen LogP contribution in [0.4, 0.5) is 4.39 Å². The maximum absolute atomic E-state index is 13.8. The van der Waals surface area contributed by atoms with E-state index in [1.807, 2.05) is 17.5 Å². The lowest BCUT2D eigenvalue weighted by molar-refractivity contribution is 0.181. The normalized spacial score (nSPS) is 17.9. The van der Waals surface area contributed by atoms with Gasteiger partial charge in [-0.1, -0.05) is 30.0 Å². The molecule has 1 saturated heterocycles. The fraction of sp³-hybridized carbons (Fsp3) is 0.400. The van der Waals surface area contributed by atoms with Crippen molar-refractivity contribution in [3.05, 3.63) is 57.5 Å². The zero-order valence-corrected chi connectivity index (χ0v) is 15.0. The molecule has 2 N–H and O–H groups in total. The predicted octanol–water partition coefficient (Wildman–Crippen LogP) is 2.99. The molecule has 0 unspecified atom stereocenters. The van der Waals surface area contributed by atoms with Gasteiger partial charge in [-0.2, -0.15) is 0 Å². The summed E-state index contributed by atoms with van der Waals surface area (Å²) in [4.78, 5) is 3.57. The SMILES string of the molecule is OCC#Cc1csc(CN[C@@H]2CCCN(Cc3ccccc3F)C2)c1. The van der Waals surface area contributed by atoms with Gasteiger partial charge in [-0.25, -0.2) is 4.39 Å². The molecule has 0 radical (unpaired) electrons. The summed E-state index contributed by atoms with van der Waals surface area (Å²) in [5, 5.41) is 14.4. The van der Waals surface area contributed by atoms with Crippen LogP contribution in [-0.2, 0) is 13.1 Å². The molecular formula is C20H23FN2OS. The van der Waals surface area contributed by atoms with Gasteiger partial charge in [0.15, 0.2) is 0 Å². The highest BCUT2D eigenvalue weighted by molar-refractivity contribution is 7.10. The van der Waals surface area contributed by atoms with E-state index < -0.39 is 0 Å². The Bertz CT molecular complexity index is 749. The van der Waals surface area contributed by atoms with Crippen molar-refractivity contribution in [3.63, 3.8) is 0 Å². The van der Waals surface area contributed by atoms with E-state index >= 15 is 0 Å². The first-order valence-corrected chi connectivity index (χ1v) is 9.49. The van der Waals surface area contributed by atoms with Crippen LogP contribution in [0.1, 0.15) is 28.8 Å². The van der Waals surface area contributed by atoms with Gasteiger partial charge in [0, 0.05) is 47.1 Å². The molecule has 0 spiro atoms. The zero-order chi connectivity index (χ0) is 17.5. The minimum absolute atomic E-state index is 0.108. The first kappa shape index (κ1) is 18.1. The van der Waals surface area contributed by atoms with Crippen molar-refractivity contribution in [1.82, 2.24) is 10.2 Å². The molecule has 1 aliphatic heterocycles. The number of piperidine rings is 1. The van der Waals surface area contributed by atoms with Crippen molar-refractivity contribution in [2.75, 3.05) is 19.7 Å². The number of hydrogen-bond donors (Lipinski definition) is 2. The Labute approximate surface area is 152 Å². The first-order chi connectivity index (χ1) is 12.2. The van der Waals surface area contributed by atoms with E-state index in [-0.39, 0.29) is 12.4 Å². The minimum Gasteiger partial charge on any atom is -0.384 e. The Morgan fingerprint density at radius 1 is 1.36 bits per heavy atom. The predicted molar refractivity (Wildman–Crippen MR) is 99.8 cm³/mol. The summed E-state index contributed by atoms with van der Waals surface area (Å²) in [6.07, 6.45) is 2.28. The fourth-order valence-electron chi connectivity index (χ4n) is 3.16. The third-order valence-corrected chi connectivity index (χ3v) is 5.32. The van der Waals surface area contributed by atoms with E-state index in [4.69, 9.17) is 5.11 Å². The molecule has 0 saturated carbocycles. The van der Waals surface area contributed by atoms with E-state index in [2.05, 4.69) is 28.1 Å². The summed E-state index contributed by atoms with van der Waals surface area (Å²) in [5.74, 6) is 5.48. The summed E-state index contributed by atoms with van der Waals surface area (Å²) in [6.45, 7) is 3.35. The van der Waals surface area contributed by atoms with Gasteiger partial charge < -0.3 is 10.4 Å². The Hall–Kier alpha value is -1.71. The molecule has 0 bridgehead atoms. The van der Waals surface area contributed by atoms with Crippen molar-refractivity contribution < 1.29 is 9.50 Å². The average molecular weight is 358 g/mol. The number of aliphatic hydroxyl groups excluding tert-OH is 1. The molecular weight excluding hydrogens is 335 g/mol. The molecule has 1 fully saturated rings. The van der Waals surface area contributed by atoms with Crippen LogP contribution in [-0.4, -0.2) is 35.7 Å². The molecule has 5 heteroatoms. The number of thiophene rings is 1. The monoisotopic (exact) mass is 358 g/mol. The van der Waals surface area contributed by atoms with Crippen molar-refractivity contribution in [3.8, 4) is 11.8 Å². The highest BCUT2D eigenvalue weighted by atomic mass is 32.1.